The smallest absolute Gasteiger partial charge is 0.244 e. The zero-order valence-corrected chi connectivity index (χ0v) is 24.9. The average molecular weight is 611 g/mol. The van der Waals surface area contributed by atoms with Crippen molar-refractivity contribution in [3.8, 4) is 0 Å². The molecule has 3 aromatic carbocycles. The van der Waals surface area contributed by atoms with Gasteiger partial charge in [-0.15, -0.1) is 0 Å². The Hall–Kier alpha value is -2.78. The maximum absolute atomic E-state index is 14.0. The highest BCUT2D eigenvalue weighted by atomic mass is 35.5. The van der Waals surface area contributed by atoms with Crippen molar-refractivity contribution in [3.63, 3.8) is 0 Å². The predicted octanol–water partition coefficient (Wildman–Crippen LogP) is 5.58. The molecule has 0 fully saturated rings. The zero-order chi connectivity index (χ0) is 28.7. The first-order valence-electron chi connectivity index (χ1n) is 12.2. The Balaban J connectivity index is 2.09. The molecule has 0 aromatic heterocycles. The number of sulfonamides is 1. The molecule has 11 heteroatoms. The van der Waals surface area contributed by atoms with Crippen LogP contribution in [-0.2, 0) is 32.6 Å². The first-order chi connectivity index (χ1) is 18.4. The fourth-order valence-corrected chi connectivity index (χ4v) is 5.50. The number of nitrogens with one attached hydrogen (secondary N) is 1. The molecule has 0 bridgehead atoms. The summed E-state index contributed by atoms with van der Waals surface area (Å²) in [5.74, 6) is -0.989. The average Bonchev–Trinajstić information content (AvgIpc) is 2.86. The van der Waals surface area contributed by atoms with Crippen LogP contribution in [0.3, 0.4) is 0 Å². The number of hydrogen-bond acceptors (Lipinski definition) is 4. The van der Waals surface area contributed by atoms with Crippen molar-refractivity contribution in [3.05, 3.63) is 99.0 Å². The second-order valence-corrected chi connectivity index (χ2v) is 12.5. The summed E-state index contributed by atoms with van der Waals surface area (Å²) in [7, 11) is -3.97. The van der Waals surface area contributed by atoms with Crippen molar-refractivity contribution < 1.29 is 18.0 Å². The summed E-state index contributed by atoms with van der Waals surface area (Å²) in [4.78, 5) is 28.9. The molecule has 7 nitrogen and oxygen atoms in total. The molecule has 2 amide bonds. The number of carbonyl (C=O) groups is 2. The van der Waals surface area contributed by atoms with E-state index in [1.54, 1.807) is 24.3 Å². The number of halogens is 3. The standard InChI is InChI=1S/C28H30Cl3N3O4S/c1-19(2)32-28(36)26(15-20-9-5-4-6-10-20)33(17-21-11-7-8-12-23(21)30)27(35)18-34(39(3,37)38)25-16-22(29)13-14-24(25)31/h4-14,16,19,26H,15,17-18H2,1-3H3,(H,32,36)/t26-/m1/s1. The third kappa shape index (κ3) is 8.60. The number of amides is 2. The zero-order valence-electron chi connectivity index (χ0n) is 21.8. The fraction of sp³-hybridized carbons (Fsp3) is 0.286. The van der Waals surface area contributed by atoms with Crippen LogP contribution in [0.25, 0.3) is 0 Å². The van der Waals surface area contributed by atoms with Crippen molar-refractivity contribution >= 4 is 62.3 Å². The lowest BCUT2D eigenvalue weighted by Gasteiger charge is -2.34. The molecule has 0 radical (unpaired) electrons. The van der Waals surface area contributed by atoms with Crippen LogP contribution in [0.2, 0.25) is 15.1 Å². The normalized spacial score (nSPS) is 12.2. The Kier molecular flexibility index (Phi) is 10.7. The van der Waals surface area contributed by atoms with Crippen LogP contribution < -0.4 is 9.62 Å². The highest BCUT2D eigenvalue weighted by molar-refractivity contribution is 7.92. The Morgan fingerprint density at radius 1 is 0.897 bits per heavy atom. The summed E-state index contributed by atoms with van der Waals surface area (Å²) in [6.07, 6.45) is 1.18. The van der Waals surface area contributed by atoms with Gasteiger partial charge in [0.25, 0.3) is 0 Å². The minimum absolute atomic E-state index is 0.0254. The molecule has 1 N–H and O–H groups in total. The van der Waals surface area contributed by atoms with Crippen molar-refractivity contribution in [2.45, 2.75) is 38.9 Å². The topological polar surface area (TPSA) is 86.8 Å². The molecule has 1 atom stereocenters. The third-order valence-corrected chi connectivity index (χ3v) is 7.91. The van der Waals surface area contributed by atoms with E-state index in [1.165, 1.54) is 23.1 Å². The Labute approximate surface area is 244 Å². The van der Waals surface area contributed by atoms with E-state index in [4.69, 9.17) is 34.8 Å². The summed E-state index contributed by atoms with van der Waals surface area (Å²) in [5.41, 5.74) is 1.50. The Bertz CT molecular complexity index is 1420. The molecule has 0 saturated heterocycles. The second kappa shape index (κ2) is 13.5. The number of anilines is 1. The molecule has 208 valence electrons. The van der Waals surface area contributed by atoms with Crippen LogP contribution in [0.15, 0.2) is 72.8 Å². The van der Waals surface area contributed by atoms with Crippen LogP contribution in [-0.4, -0.2) is 50.0 Å². The van der Waals surface area contributed by atoms with E-state index in [0.717, 1.165) is 16.1 Å². The van der Waals surface area contributed by atoms with Crippen molar-refractivity contribution in [2.24, 2.45) is 0 Å². The van der Waals surface area contributed by atoms with Gasteiger partial charge >= 0.3 is 0 Å². The van der Waals surface area contributed by atoms with Crippen molar-refractivity contribution in [1.82, 2.24) is 10.2 Å². The second-order valence-electron chi connectivity index (χ2n) is 9.35. The number of rotatable bonds is 11. The largest absolute Gasteiger partial charge is 0.352 e. The van der Waals surface area contributed by atoms with Crippen LogP contribution in [0.4, 0.5) is 5.69 Å². The van der Waals surface area contributed by atoms with E-state index in [0.29, 0.717) is 10.6 Å². The third-order valence-electron chi connectivity index (χ3n) is 5.86. The van der Waals surface area contributed by atoms with Gasteiger partial charge in [0, 0.05) is 29.1 Å². The van der Waals surface area contributed by atoms with Crippen LogP contribution >= 0.6 is 34.8 Å². The summed E-state index contributed by atoms with van der Waals surface area (Å²) >= 11 is 18.9. The molecule has 0 unspecified atom stereocenters. The van der Waals surface area contributed by atoms with Crippen LogP contribution in [0, 0.1) is 0 Å². The molecule has 39 heavy (non-hydrogen) atoms. The van der Waals surface area contributed by atoms with Gasteiger partial charge in [-0.2, -0.15) is 0 Å². The van der Waals surface area contributed by atoms with Gasteiger partial charge in [0.15, 0.2) is 0 Å². The van der Waals surface area contributed by atoms with Gasteiger partial charge in [-0.3, -0.25) is 13.9 Å². The number of benzene rings is 3. The summed E-state index contributed by atoms with van der Waals surface area (Å²) in [6, 6.07) is 19.5. The van der Waals surface area contributed by atoms with Gasteiger partial charge in [-0.25, -0.2) is 8.42 Å². The molecule has 0 aliphatic heterocycles. The Morgan fingerprint density at radius 3 is 2.15 bits per heavy atom. The molecule has 3 rings (SSSR count). The maximum atomic E-state index is 14.0. The van der Waals surface area contributed by atoms with Crippen LogP contribution in [0.5, 0.6) is 0 Å². The minimum Gasteiger partial charge on any atom is -0.352 e. The van der Waals surface area contributed by atoms with Crippen molar-refractivity contribution in [1.29, 1.82) is 0 Å². The predicted molar refractivity (Wildman–Crippen MR) is 158 cm³/mol. The SMILES string of the molecule is CC(C)NC(=O)[C@@H](Cc1ccccc1)N(Cc1ccccc1Cl)C(=O)CN(c1cc(Cl)ccc1Cl)S(C)(=O)=O. The lowest BCUT2D eigenvalue weighted by atomic mass is 10.0. The minimum atomic E-state index is -3.97. The molecule has 0 saturated carbocycles. The lowest BCUT2D eigenvalue weighted by Crippen LogP contribution is -2.54. The first-order valence-corrected chi connectivity index (χ1v) is 15.1. The van der Waals surface area contributed by atoms with E-state index in [2.05, 4.69) is 5.32 Å². The van der Waals surface area contributed by atoms with E-state index < -0.39 is 28.5 Å². The van der Waals surface area contributed by atoms with E-state index in [-0.39, 0.29) is 40.6 Å². The summed E-state index contributed by atoms with van der Waals surface area (Å²) in [6.45, 7) is 3.01. The number of hydrogen-bond donors (Lipinski definition) is 1. The highest BCUT2D eigenvalue weighted by Gasteiger charge is 2.34. The number of nitrogens with zero attached hydrogens (tertiary/aromatic N) is 2. The molecular weight excluding hydrogens is 581 g/mol. The monoisotopic (exact) mass is 609 g/mol. The maximum Gasteiger partial charge on any atom is 0.244 e. The molecule has 0 aliphatic rings. The van der Waals surface area contributed by atoms with Crippen molar-refractivity contribution in [2.75, 3.05) is 17.1 Å². The quantitative estimate of drug-likeness (QED) is 0.307. The van der Waals surface area contributed by atoms with Gasteiger partial charge in [-0.1, -0.05) is 83.3 Å². The molecule has 3 aromatic rings. The van der Waals surface area contributed by atoms with E-state index in [9.17, 15) is 18.0 Å². The fourth-order valence-electron chi connectivity index (χ4n) is 4.02. The lowest BCUT2D eigenvalue weighted by molar-refractivity contribution is -0.140. The molecule has 0 aliphatic carbocycles. The summed E-state index contributed by atoms with van der Waals surface area (Å²) in [5, 5.41) is 3.66. The highest BCUT2D eigenvalue weighted by Crippen LogP contribution is 2.31. The number of carbonyl (C=O) groups excluding carboxylic acids is 2. The Morgan fingerprint density at radius 2 is 1.54 bits per heavy atom. The molecule has 0 heterocycles. The van der Waals surface area contributed by atoms with E-state index in [1.807, 2.05) is 44.2 Å². The van der Waals surface area contributed by atoms with Gasteiger partial charge in [0.2, 0.25) is 21.8 Å². The molecular formula is C28H30Cl3N3O4S. The van der Waals surface area contributed by atoms with E-state index >= 15 is 0 Å². The van der Waals surface area contributed by atoms with Gasteiger partial charge in [-0.05, 0) is 49.2 Å². The van der Waals surface area contributed by atoms with Gasteiger partial charge in [0.1, 0.15) is 12.6 Å². The molecule has 0 spiro atoms. The summed E-state index contributed by atoms with van der Waals surface area (Å²) < 4.78 is 26.6. The van der Waals surface area contributed by atoms with Gasteiger partial charge < -0.3 is 10.2 Å². The van der Waals surface area contributed by atoms with Crippen LogP contribution in [0.1, 0.15) is 25.0 Å². The van der Waals surface area contributed by atoms with Gasteiger partial charge in [0.05, 0.1) is 17.0 Å². The first kappa shape index (κ1) is 30.8.